The van der Waals surface area contributed by atoms with Crippen molar-refractivity contribution in [3.05, 3.63) is 64.0 Å². The highest BCUT2D eigenvalue weighted by Crippen LogP contribution is 2.33. The SMILES string of the molecule is Cc1cc(F)cc2c1N(C(=O)c1ccc3c(c1)C(=O)N(C)C3=O)CCC2. The van der Waals surface area contributed by atoms with Gasteiger partial charge in [0.15, 0.2) is 0 Å². The largest absolute Gasteiger partial charge is 0.308 e. The van der Waals surface area contributed by atoms with Crippen molar-refractivity contribution in [2.45, 2.75) is 19.8 Å². The number of amides is 3. The van der Waals surface area contributed by atoms with Crippen LogP contribution in [0.4, 0.5) is 10.1 Å². The Balaban J connectivity index is 1.75. The lowest BCUT2D eigenvalue weighted by Crippen LogP contribution is -2.36. The van der Waals surface area contributed by atoms with Gasteiger partial charge in [0.25, 0.3) is 17.7 Å². The van der Waals surface area contributed by atoms with E-state index in [1.54, 1.807) is 17.9 Å². The molecule has 5 nitrogen and oxygen atoms in total. The third-order valence-corrected chi connectivity index (χ3v) is 5.02. The molecule has 3 amide bonds. The molecule has 0 saturated heterocycles. The summed E-state index contributed by atoms with van der Waals surface area (Å²) < 4.78 is 13.7. The molecule has 4 rings (SSSR count). The first-order chi connectivity index (χ1) is 12.4. The van der Waals surface area contributed by atoms with Crippen molar-refractivity contribution >= 4 is 23.4 Å². The lowest BCUT2D eigenvalue weighted by Gasteiger charge is -2.31. The van der Waals surface area contributed by atoms with E-state index in [-0.39, 0.29) is 23.2 Å². The maximum Gasteiger partial charge on any atom is 0.261 e. The number of hydrogen-bond donors (Lipinski definition) is 0. The van der Waals surface area contributed by atoms with E-state index >= 15 is 0 Å². The molecule has 0 atom stereocenters. The topological polar surface area (TPSA) is 57.7 Å². The first-order valence-electron chi connectivity index (χ1n) is 8.46. The Labute approximate surface area is 150 Å². The molecule has 26 heavy (non-hydrogen) atoms. The summed E-state index contributed by atoms with van der Waals surface area (Å²) in [5.41, 5.74) is 3.16. The Kier molecular flexibility index (Phi) is 3.64. The zero-order valence-corrected chi connectivity index (χ0v) is 14.5. The molecule has 0 aromatic heterocycles. The van der Waals surface area contributed by atoms with E-state index in [0.717, 1.165) is 29.0 Å². The first kappa shape index (κ1) is 16.4. The highest BCUT2D eigenvalue weighted by molar-refractivity contribution is 6.22. The second-order valence-electron chi connectivity index (χ2n) is 6.72. The molecule has 0 unspecified atom stereocenters. The van der Waals surface area contributed by atoms with Crippen LogP contribution < -0.4 is 4.90 Å². The Morgan fingerprint density at radius 3 is 2.58 bits per heavy atom. The number of carbonyl (C=O) groups is 3. The Morgan fingerprint density at radius 2 is 1.81 bits per heavy atom. The van der Waals surface area contributed by atoms with Crippen molar-refractivity contribution in [2.75, 3.05) is 18.5 Å². The summed E-state index contributed by atoms with van der Waals surface area (Å²) in [7, 11) is 1.42. The van der Waals surface area contributed by atoms with E-state index in [0.29, 0.717) is 23.2 Å². The maximum atomic E-state index is 13.7. The van der Waals surface area contributed by atoms with Gasteiger partial charge < -0.3 is 4.90 Å². The molecular weight excluding hydrogens is 335 g/mol. The molecule has 6 heteroatoms. The fourth-order valence-electron chi connectivity index (χ4n) is 3.77. The van der Waals surface area contributed by atoms with Crippen LogP contribution in [0.25, 0.3) is 0 Å². The van der Waals surface area contributed by atoms with Crippen LogP contribution in [-0.4, -0.2) is 36.2 Å². The quantitative estimate of drug-likeness (QED) is 0.742. The number of benzene rings is 2. The molecule has 0 bridgehead atoms. The van der Waals surface area contributed by atoms with Crippen LogP contribution in [0.5, 0.6) is 0 Å². The molecule has 2 aliphatic heterocycles. The van der Waals surface area contributed by atoms with Gasteiger partial charge in [0.1, 0.15) is 5.82 Å². The van der Waals surface area contributed by atoms with Crippen molar-refractivity contribution in [3.63, 3.8) is 0 Å². The van der Waals surface area contributed by atoms with Crippen LogP contribution in [0.15, 0.2) is 30.3 Å². The molecule has 2 heterocycles. The predicted molar refractivity (Wildman–Crippen MR) is 94.0 cm³/mol. The van der Waals surface area contributed by atoms with Gasteiger partial charge in [-0.05, 0) is 61.2 Å². The molecule has 0 N–H and O–H groups in total. The normalized spacial score (nSPS) is 16.0. The molecule has 0 aliphatic carbocycles. The van der Waals surface area contributed by atoms with E-state index in [1.807, 2.05) is 0 Å². The summed E-state index contributed by atoms with van der Waals surface area (Å²) in [5, 5.41) is 0. The highest BCUT2D eigenvalue weighted by Gasteiger charge is 2.34. The van der Waals surface area contributed by atoms with Gasteiger partial charge in [0.2, 0.25) is 0 Å². The van der Waals surface area contributed by atoms with Gasteiger partial charge in [0, 0.05) is 19.2 Å². The van der Waals surface area contributed by atoms with Gasteiger partial charge in [-0.1, -0.05) is 0 Å². The highest BCUT2D eigenvalue weighted by atomic mass is 19.1. The van der Waals surface area contributed by atoms with Crippen LogP contribution >= 0.6 is 0 Å². The number of fused-ring (bicyclic) bond motifs is 2. The average molecular weight is 352 g/mol. The van der Waals surface area contributed by atoms with Crippen LogP contribution in [-0.2, 0) is 6.42 Å². The van der Waals surface area contributed by atoms with Crippen molar-refractivity contribution in [1.29, 1.82) is 0 Å². The fraction of sp³-hybridized carbons (Fsp3) is 0.250. The third-order valence-electron chi connectivity index (χ3n) is 5.02. The maximum absolute atomic E-state index is 13.7. The minimum atomic E-state index is -0.406. The van der Waals surface area contributed by atoms with Crippen molar-refractivity contribution < 1.29 is 18.8 Å². The second-order valence-corrected chi connectivity index (χ2v) is 6.72. The average Bonchev–Trinajstić information content (AvgIpc) is 2.84. The monoisotopic (exact) mass is 352 g/mol. The van der Waals surface area contributed by atoms with Gasteiger partial charge in [-0.25, -0.2) is 4.39 Å². The molecule has 2 aromatic rings. The minimum absolute atomic E-state index is 0.247. The van der Waals surface area contributed by atoms with Crippen LogP contribution in [0.1, 0.15) is 48.6 Å². The van der Waals surface area contributed by atoms with E-state index in [9.17, 15) is 18.8 Å². The first-order valence-corrected chi connectivity index (χ1v) is 8.46. The summed E-state index contributed by atoms with van der Waals surface area (Å²) in [6.45, 7) is 2.32. The standard InChI is InChI=1S/C20H17FN2O3/c1-11-8-14(21)9-12-4-3-7-23(17(11)12)18(24)13-5-6-15-16(10-13)20(26)22(2)19(15)25/h5-6,8-10H,3-4,7H2,1-2H3. The zero-order valence-electron chi connectivity index (χ0n) is 14.5. The third kappa shape index (κ3) is 2.33. The molecule has 0 fully saturated rings. The predicted octanol–water partition coefficient (Wildman–Crippen LogP) is 2.95. The lowest BCUT2D eigenvalue weighted by atomic mass is 9.96. The van der Waals surface area contributed by atoms with E-state index in [1.165, 1.54) is 31.3 Å². The number of halogens is 1. The summed E-state index contributed by atoms with van der Waals surface area (Å²) in [6.07, 6.45) is 1.46. The van der Waals surface area contributed by atoms with Crippen LogP contribution in [0.3, 0.4) is 0 Å². The fourth-order valence-corrected chi connectivity index (χ4v) is 3.77. The molecule has 0 saturated carbocycles. The van der Waals surface area contributed by atoms with Gasteiger partial charge >= 0.3 is 0 Å². The van der Waals surface area contributed by atoms with E-state index in [2.05, 4.69) is 0 Å². The van der Waals surface area contributed by atoms with Crippen LogP contribution in [0, 0.1) is 12.7 Å². The second kappa shape index (κ2) is 5.76. The summed E-state index contributed by atoms with van der Waals surface area (Å²) in [5.74, 6) is -1.32. The number of imide groups is 1. The molecule has 2 aliphatic rings. The van der Waals surface area contributed by atoms with Crippen molar-refractivity contribution in [2.24, 2.45) is 0 Å². The lowest BCUT2D eigenvalue weighted by molar-refractivity contribution is 0.0693. The summed E-state index contributed by atoms with van der Waals surface area (Å²) in [4.78, 5) is 40.0. The number of hydrogen-bond acceptors (Lipinski definition) is 3. The van der Waals surface area contributed by atoms with Crippen molar-refractivity contribution in [1.82, 2.24) is 4.90 Å². The number of nitrogens with zero attached hydrogens (tertiary/aromatic N) is 2. The number of carbonyl (C=O) groups excluding carboxylic acids is 3. The van der Waals surface area contributed by atoms with Gasteiger partial charge in [-0.15, -0.1) is 0 Å². The molecule has 132 valence electrons. The minimum Gasteiger partial charge on any atom is -0.308 e. The summed E-state index contributed by atoms with van der Waals surface area (Å²) in [6, 6.07) is 7.47. The van der Waals surface area contributed by atoms with Gasteiger partial charge in [0.05, 0.1) is 16.8 Å². The summed E-state index contributed by atoms with van der Waals surface area (Å²) >= 11 is 0. The smallest absolute Gasteiger partial charge is 0.261 e. The molecular formula is C20H17FN2O3. The van der Waals surface area contributed by atoms with Crippen LogP contribution in [0.2, 0.25) is 0 Å². The Hall–Kier alpha value is -3.02. The van der Waals surface area contributed by atoms with E-state index in [4.69, 9.17) is 0 Å². The van der Waals surface area contributed by atoms with Gasteiger partial charge in [-0.2, -0.15) is 0 Å². The molecule has 2 aromatic carbocycles. The van der Waals surface area contributed by atoms with E-state index < -0.39 is 5.91 Å². The number of anilines is 1. The van der Waals surface area contributed by atoms with Gasteiger partial charge in [-0.3, -0.25) is 19.3 Å². The molecule has 0 spiro atoms. The zero-order chi connectivity index (χ0) is 18.6. The Bertz CT molecular complexity index is 983. The van der Waals surface area contributed by atoms with Crippen molar-refractivity contribution in [3.8, 4) is 0 Å². The molecule has 0 radical (unpaired) electrons. The number of rotatable bonds is 1. The Morgan fingerprint density at radius 1 is 1.08 bits per heavy atom. The number of aryl methyl sites for hydroxylation is 2.